The van der Waals surface area contributed by atoms with Gasteiger partial charge in [0, 0.05) is 25.7 Å². The first-order chi connectivity index (χ1) is 9.98. The van der Waals surface area contributed by atoms with Crippen LogP contribution in [0.25, 0.3) is 0 Å². The maximum absolute atomic E-state index is 12.8. The highest BCUT2D eigenvalue weighted by Gasteiger charge is 2.47. The summed E-state index contributed by atoms with van der Waals surface area (Å²) in [5.41, 5.74) is 0.980. The fourth-order valence-electron chi connectivity index (χ4n) is 3.57. The molecule has 5 nitrogen and oxygen atoms in total. The first-order valence-corrected chi connectivity index (χ1v) is 8.85. The Balaban J connectivity index is 1.78. The lowest BCUT2D eigenvalue weighted by atomic mass is 10.0. The molecule has 0 aromatic heterocycles. The third kappa shape index (κ3) is 2.85. The summed E-state index contributed by atoms with van der Waals surface area (Å²) in [7, 11) is -1.83. The molecule has 3 rings (SSSR count). The minimum Gasteiger partial charge on any atom is -0.393 e. The molecule has 1 aromatic carbocycles. The first-order valence-electron chi connectivity index (χ1n) is 7.45. The third-order valence-electron chi connectivity index (χ3n) is 4.55. The molecule has 2 heterocycles. The summed E-state index contributed by atoms with van der Waals surface area (Å²) in [5, 5.41) is 9.81. The predicted molar refractivity (Wildman–Crippen MR) is 80.7 cm³/mol. The van der Waals surface area contributed by atoms with Gasteiger partial charge in [-0.05, 0) is 31.2 Å². The molecule has 21 heavy (non-hydrogen) atoms. The van der Waals surface area contributed by atoms with Gasteiger partial charge < -0.3 is 5.11 Å². The van der Waals surface area contributed by atoms with E-state index in [2.05, 4.69) is 0 Å². The Morgan fingerprint density at radius 2 is 1.76 bits per heavy atom. The van der Waals surface area contributed by atoms with Gasteiger partial charge in [-0.3, -0.25) is 0 Å². The first kappa shape index (κ1) is 15.0. The summed E-state index contributed by atoms with van der Waals surface area (Å²) in [6.07, 6.45) is 2.50. The van der Waals surface area contributed by atoms with Crippen molar-refractivity contribution >= 4 is 10.2 Å². The van der Waals surface area contributed by atoms with E-state index in [-0.39, 0.29) is 18.2 Å². The van der Waals surface area contributed by atoms with E-state index >= 15 is 0 Å². The molecule has 2 unspecified atom stereocenters. The van der Waals surface area contributed by atoms with Crippen molar-refractivity contribution in [1.29, 1.82) is 0 Å². The van der Waals surface area contributed by atoms with Crippen molar-refractivity contribution in [3.8, 4) is 0 Å². The Bertz CT molecular complexity index is 576. The number of hydrogen-bond donors (Lipinski definition) is 1. The summed E-state index contributed by atoms with van der Waals surface area (Å²) in [6, 6.07) is 9.53. The van der Waals surface area contributed by atoms with Gasteiger partial charge >= 0.3 is 0 Å². The van der Waals surface area contributed by atoms with Crippen molar-refractivity contribution in [3.05, 3.63) is 35.9 Å². The zero-order valence-electron chi connectivity index (χ0n) is 12.2. The Kier molecular flexibility index (Phi) is 4.05. The van der Waals surface area contributed by atoms with Gasteiger partial charge in [-0.2, -0.15) is 17.0 Å². The molecule has 2 bridgehead atoms. The zero-order valence-corrected chi connectivity index (χ0v) is 13.0. The van der Waals surface area contributed by atoms with Crippen molar-refractivity contribution < 1.29 is 13.5 Å². The summed E-state index contributed by atoms with van der Waals surface area (Å²) in [4.78, 5) is 0. The number of hydrogen-bond acceptors (Lipinski definition) is 3. The van der Waals surface area contributed by atoms with E-state index in [1.807, 2.05) is 30.3 Å². The minimum absolute atomic E-state index is 0.0398. The molecule has 0 radical (unpaired) electrons. The van der Waals surface area contributed by atoms with Crippen molar-refractivity contribution in [3.63, 3.8) is 0 Å². The highest BCUT2D eigenvalue weighted by molar-refractivity contribution is 7.86. The number of benzene rings is 1. The molecule has 0 amide bonds. The summed E-state index contributed by atoms with van der Waals surface area (Å²) >= 11 is 0. The SMILES string of the molecule is CN(Cc1ccccc1)S(=O)(=O)N1C2CCC1CC(O)C2. The lowest BCUT2D eigenvalue weighted by Crippen LogP contribution is -2.52. The molecule has 2 fully saturated rings. The van der Waals surface area contributed by atoms with Crippen LogP contribution < -0.4 is 0 Å². The lowest BCUT2D eigenvalue weighted by Gasteiger charge is -2.38. The monoisotopic (exact) mass is 310 g/mol. The average molecular weight is 310 g/mol. The zero-order chi connectivity index (χ0) is 15.0. The van der Waals surface area contributed by atoms with Crippen LogP contribution in [0.4, 0.5) is 0 Å². The van der Waals surface area contributed by atoms with Crippen LogP contribution in [0.2, 0.25) is 0 Å². The molecule has 0 saturated carbocycles. The van der Waals surface area contributed by atoms with Gasteiger partial charge in [0.05, 0.1) is 6.10 Å². The molecule has 2 saturated heterocycles. The molecule has 6 heteroatoms. The molecular formula is C15H22N2O3S. The van der Waals surface area contributed by atoms with Crippen molar-refractivity contribution in [2.45, 2.75) is 50.4 Å². The normalized spacial score (nSPS) is 30.0. The number of rotatable bonds is 4. The molecular weight excluding hydrogens is 288 g/mol. The molecule has 2 atom stereocenters. The fraction of sp³-hybridized carbons (Fsp3) is 0.600. The van der Waals surface area contributed by atoms with Gasteiger partial charge in [-0.25, -0.2) is 0 Å². The molecule has 1 aromatic rings. The summed E-state index contributed by atoms with van der Waals surface area (Å²) in [6.45, 7) is 0.377. The standard InChI is InChI=1S/C15H22N2O3S/c1-16(11-12-5-3-2-4-6-12)21(19,20)17-13-7-8-14(17)10-15(18)9-13/h2-6,13-15,18H,7-11H2,1H3. The van der Waals surface area contributed by atoms with E-state index in [0.717, 1.165) is 18.4 Å². The van der Waals surface area contributed by atoms with E-state index in [1.165, 1.54) is 4.31 Å². The number of nitrogens with zero attached hydrogens (tertiary/aromatic N) is 2. The Hall–Kier alpha value is -0.950. The molecule has 2 aliphatic rings. The van der Waals surface area contributed by atoms with E-state index in [9.17, 15) is 13.5 Å². The van der Waals surface area contributed by atoms with Gasteiger partial charge in [0.25, 0.3) is 10.2 Å². The third-order valence-corrected chi connectivity index (χ3v) is 6.60. The number of aliphatic hydroxyl groups excluding tert-OH is 1. The van der Waals surface area contributed by atoms with Crippen LogP contribution in [-0.4, -0.2) is 47.4 Å². The second kappa shape index (κ2) is 5.68. The van der Waals surface area contributed by atoms with Gasteiger partial charge in [0.1, 0.15) is 0 Å². The second-order valence-corrected chi connectivity index (χ2v) is 8.03. The molecule has 0 spiro atoms. The Morgan fingerprint density at radius 1 is 1.19 bits per heavy atom. The molecule has 0 aliphatic carbocycles. The van der Waals surface area contributed by atoms with Crippen LogP contribution in [0.5, 0.6) is 0 Å². The van der Waals surface area contributed by atoms with Gasteiger partial charge in [-0.15, -0.1) is 0 Å². The van der Waals surface area contributed by atoms with Gasteiger partial charge in [-0.1, -0.05) is 30.3 Å². The van der Waals surface area contributed by atoms with E-state index in [0.29, 0.717) is 19.4 Å². The minimum atomic E-state index is -3.46. The van der Waals surface area contributed by atoms with Gasteiger partial charge in [0.2, 0.25) is 0 Å². The van der Waals surface area contributed by atoms with Gasteiger partial charge in [0.15, 0.2) is 0 Å². The van der Waals surface area contributed by atoms with Crippen LogP contribution >= 0.6 is 0 Å². The van der Waals surface area contributed by atoms with Crippen LogP contribution in [-0.2, 0) is 16.8 Å². The van der Waals surface area contributed by atoms with Crippen LogP contribution in [0.15, 0.2) is 30.3 Å². The summed E-state index contributed by atoms with van der Waals surface area (Å²) in [5.74, 6) is 0. The van der Waals surface area contributed by atoms with Crippen molar-refractivity contribution in [2.75, 3.05) is 7.05 Å². The van der Waals surface area contributed by atoms with Crippen molar-refractivity contribution in [2.24, 2.45) is 0 Å². The maximum Gasteiger partial charge on any atom is 0.282 e. The number of aliphatic hydroxyl groups is 1. The summed E-state index contributed by atoms with van der Waals surface area (Å²) < 4.78 is 28.7. The topological polar surface area (TPSA) is 60.9 Å². The second-order valence-electron chi connectivity index (χ2n) is 6.09. The fourth-order valence-corrected chi connectivity index (χ4v) is 5.34. The van der Waals surface area contributed by atoms with Crippen molar-refractivity contribution in [1.82, 2.24) is 8.61 Å². The number of fused-ring (bicyclic) bond motifs is 2. The Labute approximate surface area is 126 Å². The van der Waals surface area contributed by atoms with E-state index < -0.39 is 10.2 Å². The lowest BCUT2D eigenvalue weighted by molar-refractivity contribution is 0.0740. The van der Waals surface area contributed by atoms with E-state index in [4.69, 9.17) is 0 Å². The quantitative estimate of drug-likeness (QED) is 0.913. The van der Waals surface area contributed by atoms with Crippen LogP contribution in [0.3, 0.4) is 0 Å². The molecule has 2 aliphatic heterocycles. The van der Waals surface area contributed by atoms with Crippen LogP contribution in [0.1, 0.15) is 31.2 Å². The van der Waals surface area contributed by atoms with E-state index in [1.54, 1.807) is 11.4 Å². The highest BCUT2D eigenvalue weighted by Crippen LogP contribution is 2.38. The number of piperidine rings is 1. The maximum atomic E-state index is 12.8. The van der Waals surface area contributed by atoms with Crippen LogP contribution in [0, 0.1) is 0 Å². The Morgan fingerprint density at radius 3 is 2.33 bits per heavy atom. The largest absolute Gasteiger partial charge is 0.393 e. The predicted octanol–water partition coefficient (Wildman–Crippen LogP) is 1.35. The average Bonchev–Trinajstić information content (AvgIpc) is 2.73. The smallest absolute Gasteiger partial charge is 0.282 e. The highest BCUT2D eigenvalue weighted by atomic mass is 32.2. The molecule has 1 N–H and O–H groups in total. The molecule has 116 valence electrons.